The molecule has 0 spiro atoms. The third-order valence-corrected chi connectivity index (χ3v) is 3.95. The molecule has 1 amide bonds. The third kappa shape index (κ3) is 6.07. The van der Waals surface area contributed by atoms with Crippen molar-refractivity contribution in [3.63, 3.8) is 0 Å². The molecule has 1 rings (SSSR count). The Balaban J connectivity index is 2.25. The molecule has 0 saturated carbocycles. The molecule has 0 saturated heterocycles. The molecule has 0 aromatic heterocycles. The molecule has 0 aliphatic heterocycles. The number of thioether (sulfide) groups is 1. The van der Waals surface area contributed by atoms with Crippen LogP contribution in [0, 0.1) is 11.7 Å². The molecule has 0 bridgehead atoms. The number of halogens is 1. The zero-order chi connectivity index (χ0) is 14.3. The number of hydrogen-bond donors (Lipinski definition) is 2. The minimum absolute atomic E-state index is 0.0380. The van der Waals surface area contributed by atoms with Gasteiger partial charge in [-0.25, -0.2) is 4.39 Å². The predicted octanol–water partition coefficient (Wildman–Crippen LogP) is 2.19. The Labute approximate surface area is 117 Å². The summed E-state index contributed by atoms with van der Waals surface area (Å²) < 4.78 is 12.7. The van der Waals surface area contributed by atoms with Crippen molar-refractivity contribution in [1.29, 1.82) is 0 Å². The standard InChI is InChI=1S/C14H20FNO2S/c1-10(7-17)11(2)16-14(18)9-19-8-12-3-5-13(15)6-4-12/h3-6,10-11,17H,7-9H2,1-2H3,(H,16,18). The van der Waals surface area contributed by atoms with Gasteiger partial charge >= 0.3 is 0 Å². The van der Waals surface area contributed by atoms with Gasteiger partial charge in [-0.15, -0.1) is 11.8 Å². The van der Waals surface area contributed by atoms with Gasteiger partial charge in [-0.1, -0.05) is 19.1 Å². The van der Waals surface area contributed by atoms with Gasteiger partial charge in [-0.2, -0.15) is 0 Å². The van der Waals surface area contributed by atoms with Gasteiger partial charge in [0.05, 0.1) is 5.75 Å². The maximum atomic E-state index is 12.7. The van der Waals surface area contributed by atoms with Gasteiger partial charge in [-0.3, -0.25) is 4.79 Å². The molecule has 2 atom stereocenters. The largest absolute Gasteiger partial charge is 0.396 e. The molecule has 0 heterocycles. The van der Waals surface area contributed by atoms with Crippen LogP contribution < -0.4 is 5.32 Å². The Bertz CT molecular complexity index is 397. The first-order valence-corrected chi connectivity index (χ1v) is 7.40. The van der Waals surface area contributed by atoms with Crippen LogP contribution >= 0.6 is 11.8 Å². The molecule has 0 aliphatic carbocycles. The lowest BCUT2D eigenvalue weighted by molar-refractivity contribution is -0.119. The number of rotatable bonds is 7. The van der Waals surface area contributed by atoms with E-state index in [-0.39, 0.29) is 30.3 Å². The highest BCUT2D eigenvalue weighted by molar-refractivity contribution is 7.99. The lowest BCUT2D eigenvalue weighted by Crippen LogP contribution is -2.39. The summed E-state index contributed by atoms with van der Waals surface area (Å²) >= 11 is 1.48. The summed E-state index contributed by atoms with van der Waals surface area (Å²) in [6.07, 6.45) is 0. The minimum Gasteiger partial charge on any atom is -0.396 e. The van der Waals surface area contributed by atoms with Crippen LogP contribution in [0.1, 0.15) is 19.4 Å². The van der Waals surface area contributed by atoms with Crippen LogP contribution in [0.4, 0.5) is 4.39 Å². The summed E-state index contributed by atoms with van der Waals surface area (Å²) in [6.45, 7) is 3.82. The van der Waals surface area contributed by atoms with Crippen LogP contribution in [0.3, 0.4) is 0 Å². The van der Waals surface area contributed by atoms with Gasteiger partial charge in [0.2, 0.25) is 5.91 Å². The molecule has 1 aromatic carbocycles. The van der Waals surface area contributed by atoms with Crippen LogP contribution in [-0.2, 0) is 10.5 Å². The lowest BCUT2D eigenvalue weighted by Gasteiger charge is -2.19. The maximum absolute atomic E-state index is 12.7. The fourth-order valence-electron chi connectivity index (χ4n) is 1.44. The quantitative estimate of drug-likeness (QED) is 0.807. The van der Waals surface area contributed by atoms with Crippen molar-refractivity contribution < 1.29 is 14.3 Å². The molecule has 2 N–H and O–H groups in total. The highest BCUT2D eigenvalue weighted by Gasteiger charge is 2.13. The van der Waals surface area contributed by atoms with Gasteiger partial charge in [0.25, 0.3) is 0 Å². The van der Waals surface area contributed by atoms with Crippen LogP contribution in [0.25, 0.3) is 0 Å². The molecule has 19 heavy (non-hydrogen) atoms. The minimum atomic E-state index is -0.252. The number of aliphatic hydroxyl groups is 1. The lowest BCUT2D eigenvalue weighted by atomic mass is 10.1. The molecular weight excluding hydrogens is 265 g/mol. The van der Waals surface area contributed by atoms with E-state index in [1.54, 1.807) is 12.1 Å². The van der Waals surface area contributed by atoms with Gasteiger partial charge < -0.3 is 10.4 Å². The average Bonchev–Trinajstić information content (AvgIpc) is 2.40. The number of benzene rings is 1. The van der Waals surface area contributed by atoms with Gasteiger partial charge in [0.15, 0.2) is 0 Å². The van der Waals surface area contributed by atoms with Crippen LogP contribution in [-0.4, -0.2) is 29.4 Å². The number of carbonyl (C=O) groups is 1. The summed E-state index contributed by atoms with van der Waals surface area (Å²) in [5, 5.41) is 11.8. The average molecular weight is 285 g/mol. The maximum Gasteiger partial charge on any atom is 0.230 e. The smallest absolute Gasteiger partial charge is 0.230 e. The van der Waals surface area contributed by atoms with Crippen molar-refractivity contribution in [2.45, 2.75) is 25.6 Å². The van der Waals surface area contributed by atoms with Gasteiger partial charge in [0.1, 0.15) is 5.82 Å². The van der Waals surface area contributed by atoms with Gasteiger partial charge in [0, 0.05) is 18.4 Å². The first-order valence-electron chi connectivity index (χ1n) is 6.25. The predicted molar refractivity (Wildman–Crippen MR) is 76.4 cm³/mol. The van der Waals surface area contributed by atoms with E-state index in [0.29, 0.717) is 11.5 Å². The second kappa shape index (κ2) is 8.17. The van der Waals surface area contributed by atoms with E-state index in [1.807, 2.05) is 13.8 Å². The first-order chi connectivity index (χ1) is 9.02. The Hall–Kier alpha value is -1.07. The Morgan fingerprint density at radius 2 is 2.00 bits per heavy atom. The molecule has 1 aromatic rings. The second-order valence-electron chi connectivity index (χ2n) is 4.64. The summed E-state index contributed by atoms with van der Waals surface area (Å²) in [5.41, 5.74) is 0.996. The molecular formula is C14H20FNO2S. The summed E-state index contributed by atoms with van der Waals surface area (Å²) in [4.78, 5) is 11.6. The van der Waals surface area contributed by atoms with Crippen molar-refractivity contribution >= 4 is 17.7 Å². The SMILES string of the molecule is CC(CO)C(C)NC(=O)CSCc1ccc(F)cc1. The number of carbonyl (C=O) groups excluding carboxylic acids is 1. The normalized spacial score (nSPS) is 13.9. The van der Waals surface area contributed by atoms with E-state index in [4.69, 9.17) is 5.11 Å². The molecule has 0 fully saturated rings. The van der Waals surface area contributed by atoms with E-state index in [2.05, 4.69) is 5.32 Å². The topological polar surface area (TPSA) is 49.3 Å². The van der Waals surface area contributed by atoms with Crippen LogP contribution in [0.2, 0.25) is 0 Å². The zero-order valence-corrected chi connectivity index (χ0v) is 12.0. The van der Waals surface area contributed by atoms with E-state index >= 15 is 0 Å². The Morgan fingerprint density at radius 3 is 2.58 bits per heavy atom. The Morgan fingerprint density at radius 1 is 1.37 bits per heavy atom. The number of amides is 1. The van der Waals surface area contributed by atoms with Gasteiger partial charge in [-0.05, 0) is 30.5 Å². The summed E-state index contributed by atoms with van der Waals surface area (Å²) in [6, 6.07) is 6.24. The van der Waals surface area contributed by atoms with Crippen LogP contribution in [0.5, 0.6) is 0 Å². The molecule has 106 valence electrons. The molecule has 3 nitrogen and oxygen atoms in total. The monoisotopic (exact) mass is 285 g/mol. The summed E-state index contributed by atoms with van der Waals surface area (Å²) in [7, 11) is 0. The number of nitrogens with one attached hydrogen (secondary N) is 1. The molecule has 2 unspecified atom stereocenters. The van der Waals surface area contributed by atoms with Crippen molar-refractivity contribution in [1.82, 2.24) is 5.32 Å². The van der Waals surface area contributed by atoms with Crippen molar-refractivity contribution in [3.05, 3.63) is 35.6 Å². The second-order valence-corrected chi connectivity index (χ2v) is 5.62. The zero-order valence-electron chi connectivity index (χ0n) is 11.2. The highest BCUT2D eigenvalue weighted by atomic mass is 32.2. The number of hydrogen-bond acceptors (Lipinski definition) is 3. The molecule has 0 aliphatic rings. The van der Waals surface area contributed by atoms with Crippen molar-refractivity contribution in [2.75, 3.05) is 12.4 Å². The fourth-order valence-corrected chi connectivity index (χ4v) is 2.24. The molecule has 5 heteroatoms. The summed E-state index contributed by atoms with van der Waals surface area (Å²) in [5.74, 6) is 0.793. The van der Waals surface area contributed by atoms with E-state index < -0.39 is 0 Å². The van der Waals surface area contributed by atoms with Crippen LogP contribution in [0.15, 0.2) is 24.3 Å². The van der Waals surface area contributed by atoms with Crippen molar-refractivity contribution in [2.24, 2.45) is 5.92 Å². The van der Waals surface area contributed by atoms with E-state index in [9.17, 15) is 9.18 Å². The van der Waals surface area contributed by atoms with Crippen molar-refractivity contribution in [3.8, 4) is 0 Å². The first kappa shape index (κ1) is 16.0. The Kier molecular flexibility index (Phi) is 6.87. The third-order valence-electron chi connectivity index (χ3n) is 2.95. The molecule has 0 radical (unpaired) electrons. The number of aliphatic hydroxyl groups excluding tert-OH is 1. The fraction of sp³-hybridized carbons (Fsp3) is 0.500. The highest BCUT2D eigenvalue weighted by Crippen LogP contribution is 2.12. The van der Waals surface area contributed by atoms with E-state index in [1.165, 1.54) is 23.9 Å². The van der Waals surface area contributed by atoms with E-state index in [0.717, 1.165) is 5.56 Å².